The number of hydrogen-bond acceptors (Lipinski definition) is 4. The van der Waals surface area contributed by atoms with Gasteiger partial charge in [-0.15, -0.1) is 0 Å². The van der Waals surface area contributed by atoms with Crippen LogP contribution in [0.1, 0.15) is 5.56 Å². The largest absolute Gasteiger partial charge is 0.497 e. The molecule has 118 valence electrons. The molecule has 1 heterocycles. The third-order valence-electron chi connectivity index (χ3n) is 3.39. The summed E-state index contributed by atoms with van der Waals surface area (Å²) in [7, 11) is 5.85. The first kappa shape index (κ1) is 16.8. The van der Waals surface area contributed by atoms with Crippen LogP contribution in [-0.2, 0) is 6.54 Å². The lowest BCUT2D eigenvalue weighted by atomic mass is 10.2. The van der Waals surface area contributed by atoms with Gasteiger partial charge in [0.25, 0.3) is 0 Å². The molecule has 0 saturated carbocycles. The molecule has 0 unspecified atom stereocenters. The second kappa shape index (κ2) is 8.15. The third kappa shape index (κ3) is 5.00. The fraction of sp³-hybridized carbons (Fsp3) is 0.353. The molecule has 1 aromatic carbocycles. The van der Waals surface area contributed by atoms with E-state index in [9.17, 15) is 0 Å². The van der Waals surface area contributed by atoms with Crippen LogP contribution in [0.2, 0.25) is 0 Å². The molecule has 0 aliphatic heterocycles. The number of halogens is 1. The van der Waals surface area contributed by atoms with Crippen molar-refractivity contribution in [3.63, 3.8) is 0 Å². The summed E-state index contributed by atoms with van der Waals surface area (Å²) in [6.45, 7) is 2.73. The van der Waals surface area contributed by atoms with Crippen LogP contribution >= 0.6 is 15.9 Å². The van der Waals surface area contributed by atoms with Gasteiger partial charge in [-0.25, -0.2) is 4.98 Å². The van der Waals surface area contributed by atoms with E-state index in [-0.39, 0.29) is 0 Å². The minimum Gasteiger partial charge on any atom is -0.497 e. The van der Waals surface area contributed by atoms with Crippen LogP contribution in [0.3, 0.4) is 0 Å². The van der Waals surface area contributed by atoms with Crippen LogP contribution in [0.5, 0.6) is 5.75 Å². The zero-order valence-electron chi connectivity index (χ0n) is 13.3. The van der Waals surface area contributed by atoms with Crippen LogP contribution in [0, 0.1) is 0 Å². The molecule has 0 radical (unpaired) electrons. The van der Waals surface area contributed by atoms with E-state index >= 15 is 0 Å². The number of benzene rings is 1. The van der Waals surface area contributed by atoms with E-state index in [0.29, 0.717) is 0 Å². The maximum absolute atomic E-state index is 5.21. The Bertz CT molecular complexity index is 569. The minimum atomic E-state index is 0.826. The van der Waals surface area contributed by atoms with Gasteiger partial charge >= 0.3 is 0 Å². The van der Waals surface area contributed by atoms with E-state index in [0.717, 1.165) is 35.7 Å². The fourth-order valence-corrected chi connectivity index (χ4v) is 2.34. The predicted octanol–water partition coefficient (Wildman–Crippen LogP) is 3.42. The van der Waals surface area contributed by atoms with Crippen LogP contribution in [0.4, 0.5) is 5.82 Å². The summed E-state index contributed by atoms with van der Waals surface area (Å²) in [6, 6.07) is 12.3. The van der Waals surface area contributed by atoms with E-state index in [1.54, 1.807) is 7.11 Å². The predicted molar refractivity (Wildman–Crippen MR) is 94.5 cm³/mol. The Morgan fingerprint density at radius 2 is 1.77 bits per heavy atom. The molecule has 0 bridgehead atoms. The fourth-order valence-electron chi connectivity index (χ4n) is 2.10. The van der Waals surface area contributed by atoms with E-state index in [2.05, 4.69) is 56.9 Å². The molecule has 0 aliphatic rings. The normalized spacial score (nSPS) is 10.8. The first-order valence-corrected chi connectivity index (χ1v) is 8.02. The molecule has 0 amide bonds. The van der Waals surface area contributed by atoms with Crippen molar-refractivity contribution in [2.45, 2.75) is 6.54 Å². The van der Waals surface area contributed by atoms with Crippen molar-refractivity contribution in [1.29, 1.82) is 0 Å². The van der Waals surface area contributed by atoms with Crippen LogP contribution in [0.25, 0.3) is 0 Å². The highest BCUT2D eigenvalue weighted by Gasteiger charge is 2.09. The Labute approximate surface area is 140 Å². The van der Waals surface area contributed by atoms with Crippen LogP contribution in [0.15, 0.2) is 47.1 Å². The number of likely N-dealkylation sites (N-methyl/N-ethyl adjacent to an activating group) is 1. The Morgan fingerprint density at radius 3 is 2.32 bits per heavy atom. The lowest BCUT2D eigenvalue weighted by Crippen LogP contribution is -2.31. The van der Waals surface area contributed by atoms with Gasteiger partial charge in [-0.1, -0.05) is 12.1 Å². The lowest BCUT2D eigenvalue weighted by Gasteiger charge is -2.25. The zero-order chi connectivity index (χ0) is 15.9. The summed E-state index contributed by atoms with van der Waals surface area (Å²) < 4.78 is 6.21. The Hall–Kier alpha value is -1.59. The number of nitrogens with zero attached hydrogens (tertiary/aromatic N) is 3. The minimum absolute atomic E-state index is 0.826. The molecule has 5 heteroatoms. The number of anilines is 1. The Kier molecular flexibility index (Phi) is 6.21. The summed E-state index contributed by atoms with van der Waals surface area (Å²) in [5.74, 6) is 1.87. The lowest BCUT2D eigenvalue weighted by molar-refractivity contribution is 0.411. The van der Waals surface area contributed by atoms with Crippen molar-refractivity contribution in [3.8, 4) is 5.75 Å². The summed E-state index contributed by atoms with van der Waals surface area (Å²) in [5.41, 5.74) is 1.24. The molecule has 0 fully saturated rings. The zero-order valence-corrected chi connectivity index (χ0v) is 14.9. The van der Waals surface area contributed by atoms with Crippen LogP contribution < -0.4 is 9.64 Å². The molecule has 2 rings (SSSR count). The van der Waals surface area contributed by atoms with Crippen molar-refractivity contribution < 1.29 is 4.74 Å². The second-order valence-electron chi connectivity index (χ2n) is 5.41. The molecule has 0 N–H and O–H groups in total. The van der Waals surface area contributed by atoms with E-state index < -0.39 is 0 Å². The molecule has 0 aliphatic carbocycles. The average molecular weight is 364 g/mol. The molecule has 0 atom stereocenters. The summed E-state index contributed by atoms with van der Waals surface area (Å²) >= 11 is 3.44. The average Bonchev–Trinajstić information content (AvgIpc) is 2.53. The molecule has 0 spiro atoms. The van der Waals surface area contributed by atoms with Crippen molar-refractivity contribution in [1.82, 2.24) is 9.88 Å². The number of rotatable bonds is 7. The van der Waals surface area contributed by atoms with Gasteiger partial charge in [0.15, 0.2) is 0 Å². The first-order valence-electron chi connectivity index (χ1n) is 7.22. The maximum atomic E-state index is 5.21. The van der Waals surface area contributed by atoms with E-state index in [1.807, 2.05) is 30.5 Å². The highest BCUT2D eigenvalue weighted by atomic mass is 79.9. The molecular weight excluding hydrogens is 342 g/mol. The SMILES string of the molecule is COc1ccc(CN(CCN(C)C)c2ccc(Br)cn2)cc1. The number of aromatic nitrogens is 1. The smallest absolute Gasteiger partial charge is 0.128 e. The molecule has 4 nitrogen and oxygen atoms in total. The highest BCUT2D eigenvalue weighted by molar-refractivity contribution is 9.10. The second-order valence-corrected chi connectivity index (χ2v) is 6.32. The van der Waals surface area contributed by atoms with Crippen molar-refractivity contribution >= 4 is 21.7 Å². The molecule has 2 aromatic rings. The van der Waals surface area contributed by atoms with Gasteiger partial charge in [0.2, 0.25) is 0 Å². The van der Waals surface area contributed by atoms with Crippen LogP contribution in [-0.4, -0.2) is 44.2 Å². The molecular formula is C17H22BrN3O. The van der Waals surface area contributed by atoms with Crippen molar-refractivity contribution in [2.75, 3.05) is 39.2 Å². The standard InChI is InChI=1S/C17H22BrN3O/c1-20(2)10-11-21(17-9-6-15(18)12-19-17)13-14-4-7-16(22-3)8-5-14/h4-9,12H,10-11,13H2,1-3H3. The summed E-state index contributed by atoms with van der Waals surface area (Å²) in [5, 5.41) is 0. The quantitative estimate of drug-likeness (QED) is 0.753. The number of hydrogen-bond donors (Lipinski definition) is 0. The highest BCUT2D eigenvalue weighted by Crippen LogP contribution is 2.19. The molecule has 1 aromatic heterocycles. The van der Waals surface area contributed by atoms with Gasteiger partial charge in [0.1, 0.15) is 11.6 Å². The first-order chi connectivity index (χ1) is 10.6. The number of ether oxygens (including phenoxy) is 1. The third-order valence-corrected chi connectivity index (χ3v) is 3.85. The molecule has 0 saturated heterocycles. The Morgan fingerprint density at radius 1 is 1.05 bits per heavy atom. The van der Waals surface area contributed by atoms with Gasteiger partial charge in [-0.2, -0.15) is 0 Å². The van der Waals surface area contributed by atoms with Gasteiger partial charge in [-0.3, -0.25) is 0 Å². The topological polar surface area (TPSA) is 28.6 Å². The van der Waals surface area contributed by atoms with Crippen molar-refractivity contribution in [3.05, 3.63) is 52.6 Å². The van der Waals surface area contributed by atoms with Gasteiger partial charge < -0.3 is 14.5 Å². The maximum Gasteiger partial charge on any atom is 0.128 e. The molecule has 22 heavy (non-hydrogen) atoms. The van der Waals surface area contributed by atoms with Gasteiger partial charge in [-0.05, 0) is 59.9 Å². The van der Waals surface area contributed by atoms with E-state index in [4.69, 9.17) is 4.74 Å². The number of pyridine rings is 1. The van der Waals surface area contributed by atoms with Crippen molar-refractivity contribution in [2.24, 2.45) is 0 Å². The number of methoxy groups -OCH3 is 1. The monoisotopic (exact) mass is 363 g/mol. The summed E-state index contributed by atoms with van der Waals surface area (Å²) in [6.07, 6.45) is 1.84. The summed E-state index contributed by atoms with van der Waals surface area (Å²) in [4.78, 5) is 8.99. The Balaban J connectivity index is 2.13. The van der Waals surface area contributed by atoms with E-state index in [1.165, 1.54) is 5.56 Å². The van der Waals surface area contributed by atoms with Gasteiger partial charge in [0.05, 0.1) is 7.11 Å². The van der Waals surface area contributed by atoms with Gasteiger partial charge in [0, 0.05) is 30.3 Å².